The molecule has 0 N–H and O–H groups in total. The van der Waals surface area contributed by atoms with E-state index in [9.17, 15) is 9.59 Å². The van der Waals surface area contributed by atoms with Crippen molar-refractivity contribution in [3.05, 3.63) is 41.1 Å². The molecule has 29 heavy (non-hydrogen) atoms. The maximum atomic E-state index is 13.1. The molecule has 2 atom stereocenters. The van der Waals surface area contributed by atoms with E-state index in [0.717, 1.165) is 36.9 Å². The molecule has 3 rings (SSSR count). The molecule has 1 aromatic carbocycles. The predicted octanol–water partition coefficient (Wildman–Crippen LogP) is 5.00. The molecule has 0 bridgehead atoms. The highest BCUT2D eigenvalue weighted by atomic mass is 16.5. The molecule has 1 aliphatic carbocycles. The van der Waals surface area contributed by atoms with Crippen LogP contribution in [0.4, 0.5) is 0 Å². The predicted molar refractivity (Wildman–Crippen MR) is 113 cm³/mol. The Kier molecular flexibility index (Phi) is 6.88. The molecule has 5 nitrogen and oxygen atoms in total. The second kappa shape index (κ2) is 9.38. The molecule has 1 aliphatic heterocycles. The SMILES string of the molecule is CCCCOC(=O)C1C(C)=NC2=C(C(=O)CCC2)[C@H]1c1ccccc1OC(C)C. The quantitative estimate of drug-likeness (QED) is 0.480. The number of allylic oxidation sites excluding steroid dienone is 2. The van der Waals surface area contributed by atoms with Gasteiger partial charge in [0.2, 0.25) is 0 Å². The summed E-state index contributed by atoms with van der Waals surface area (Å²) in [5.74, 6) is -0.546. The van der Waals surface area contributed by atoms with Crippen LogP contribution in [0.5, 0.6) is 5.75 Å². The number of aliphatic imine (C=N–C) groups is 1. The van der Waals surface area contributed by atoms with Gasteiger partial charge in [0.15, 0.2) is 5.78 Å². The van der Waals surface area contributed by atoms with Crippen LogP contribution in [0.15, 0.2) is 40.5 Å². The molecule has 0 saturated heterocycles. The van der Waals surface area contributed by atoms with Crippen LogP contribution < -0.4 is 4.74 Å². The van der Waals surface area contributed by atoms with Gasteiger partial charge in [-0.3, -0.25) is 14.6 Å². The van der Waals surface area contributed by atoms with Gasteiger partial charge in [0, 0.05) is 34.9 Å². The van der Waals surface area contributed by atoms with Crippen molar-refractivity contribution < 1.29 is 19.1 Å². The molecule has 5 heteroatoms. The second-order valence-electron chi connectivity index (χ2n) is 8.07. The number of carbonyl (C=O) groups excluding carboxylic acids is 2. The number of rotatable bonds is 7. The van der Waals surface area contributed by atoms with Gasteiger partial charge in [0.25, 0.3) is 0 Å². The highest BCUT2D eigenvalue weighted by molar-refractivity contribution is 6.09. The summed E-state index contributed by atoms with van der Waals surface area (Å²) in [4.78, 5) is 30.8. The van der Waals surface area contributed by atoms with E-state index in [1.54, 1.807) is 0 Å². The van der Waals surface area contributed by atoms with Gasteiger partial charge < -0.3 is 9.47 Å². The Hall–Kier alpha value is -2.43. The Morgan fingerprint density at radius 1 is 1.24 bits per heavy atom. The third-order valence-electron chi connectivity index (χ3n) is 5.45. The van der Waals surface area contributed by atoms with Gasteiger partial charge in [0.05, 0.1) is 12.7 Å². The third-order valence-corrected chi connectivity index (χ3v) is 5.45. The second-order valence-corrected chi connectivity index (χ2v) is 8.07. The largest absolute Gasteiger partial charge is 0.491 e. The Bertz CT molecular complexity index is 837. The molecule has 156 valence electrons. The minimum Gasteiger partial charge on any atom is -0.491 e. The fraction of sp³-hybridized carbons (Fsp3) is 0.542. The minimum absolute atomic E-state index is 0.0139. The summed E-state index contributed by atoms with van der Waals surface area (Å²) in [7, 11) is 0. The van der Waals surface area contributed by atoms with Crippen molar-refractivity contribution in [3.8, 4) is 5.75 Å². The minimum atomic E-state index is -0.607. The number of nitrogens with zero attached hydrogens (tertiary/aromatic N) is 1. The lowest BCUT2D eigenvalue weighted by molar-refractivity contribution is -0.146. The summed E-state index contributed by atoms with van der Waals surface area (Å²) in [5, 5.41) is 0. The van der Waals surface area contributed by atoms with E-state index < -0.39 is 11.8 Å². The van der Waals surface area contributed by atoms with Crippen molar-refractivity contribution in [2.24, 2.45) is 10.9 Å². The monoisotopic (exact) mass is 397 g/mol. The zero-order chi connectivity index (χ0) is 21.0. The van der Waals surface area contributed by atoms with Crippen molar-refractivity contribution in [2.75, 3.05) is 6.61 Å². The van der Waals surface area contributed by atoms with Crippen LogP contribution in [0.1, 0.15) is 71.3 Å². The van der Waals surface area contributed by atoms with Gasteiger partial charge in [-0.15, -0.1) is 0 Å². The van der Waals surface area contributed by atoms with Crippen molar-refractivity contribution in [1.29, 1.82) is 0 Å². The molecule has 0 radical (unpaired) electrons. The summed E-state index contributed by atoms with van der Waals surface area (Å²) < 4.78 is 11.6. The normalized spacial score (nSPS) is 21.7. The number of para-hydroxylation sites is 1. The molecular formula is C24H31NO4. The zero-order valence-electron chi connectivity index (χ0n) is 17.9. The first-order chi connectivity index (χ1) is 13.9. The van der Waals surface area contributed by atoms with Crippen LogP contribution in [-0.4, -0.2) is 30.2 Å². The number of Topliss-reactive ketones (excluding diaryl/α,β-unsaturated/α-hetero) is 1. The molecule has 0 spiro atoms. The number of ketones is 1. The molecule has 0 aromatic heterocycles. The number of ether oxygens (including phenoxy) is 2. The van der Waals surface area contributed by atoms with Gasteiger partial charge in [-0.25, -0.2) is 0 Å². The number of unbranched alkanes of at least 4 members (excludes halogenated alkanes) is 1. The first-order valence-corrected chi connectivity index (χ1v) is 10.7. The molecule has 0 saturated carbocycles. The fourth-order valence-corrected chi connectivity index (χ4v) is 4.15. The standard InChI is InChI=1S/C24H31NO4/c1-5-6-14-28-24(27)21-16(4)25-18-11-9-12-19(26)23(18)22(21)17-10-7-8-13-20(17)29-15(2)3/h7-8,10,13,15,21-22H,5-6,9,11-12,14H2,1-4H3/t21?,22-/m0/s1. The molecule has 2 aliphatic rings. The molecular weight excluding hydrogens is 366 g/mol. The summed E-state index contributed by atoms with van der Waals surface area (Å²) >= 11 is 0. The van der Waals surface area contributed by atoms with Crippen molar-refractivity contribution >= 4 is 17.5 Å². The van der Waals surface area contributed by atoms with E-state index in [4.69, 9.17) is 9.47 Å². The van der Waals surface area contributed by atoms with E-state index in [1.165, 1.54) is 0 Å². The Balaban J connectivity index is 2.09. The highest BCUT2D eigenvalue weighted by Gasteiger charge is 2.44. The van der Waals surface area contributed by atoms with E-state index in [1.807, 2.05) is 45.0 Å². The van der Waals surface area contributed by atoms with Crippen molar-refractivity contribution in [2.45, 2.75) is 71.8 Å². The summed E-state index contributed by atoms with van der Waals surface area (Å²) in [6.07, 6.45) is 3.82. The number of esters is 1. The van der Waals surface area contributed by atoms with E-state index in [-0.39, 0.29) is 17.9 Å². The van der Waals surface area contributed by atoms with E-state index in [0.29, 0.717) is 30.1 Å². The maximum absolute atomic E-state index is 13.1. The fourth-order valence-electron chi connectivity index (χ4n) is 4.15. The van der Waals surface area contributed by atoms with E-state index in [2.05, 4.69) is 11.9 Å². The molecule has 0 fully saturated rings. The third kappa shape index (κ3) is 4.60. The molecule has 1 unspecified atom stereocenters. The van der Waals surface area contributed by atoms with Gasteiger partial charge in [-0.05, 0) is 46.1 Å². The highest BCUT2D eigenvalue weighted by Crippen LogP contribution is 2.46. The number of hydrogen-bond acceptors (Lipinski definition) is 5. The van der Waals surface area contributed by atoms with Gasteiger partial charge in [-0.1, -0.05) is 31.5 Å². The van der Waals surface area contributed by atoms with Crippen LogP contribution in [-0.2, 0) is 14.3 Å². The lowest BCUT2D eigenvalue weighted by Gasteiger charge is -2.35. The molecule has 1 heterocycles. The smallest absolute Gasteiger partial charge is 0.315 e. The van der Waals surface area contributed by atoms with Crippen LogP contribution in [0, 0.1) is 5.92 Å². The summed E-state index contributed by atoms with van der Waals surface area (Å²) in [6.45, 7) is 8.25. The molecule has 1 aromatic rings. The van der Waals surface area contributed by atoms with Crippen molar-refractivity contribution in [3.63, 3.8) is 0 Å². The lowest BCUT2D eigenvalue weighted by atomic mass is 9.71. The zero-order valence-corrected chi connectivity index (χ0v) is 17.9. The maximum Gasteiger partial charge on any atom is 0.315 e. The van der Waals surface area contributed by atoms with Gasteiger partial charge in [0.1, 0.15) is 11.7 Å². The average Bonchev–Trinajstić information content (AvgIpc) is 2.67. The Morgan fingerprint density at radius 3 is 2.72 bits per heavy atom. The number of hydrogen-bond donors (Lipinski definition) is 0. The average molecular weight is 398 g/mol. The first-order valence-electron chi connectivity index (χ1n) is 10.7. The van der Waals surface area contributed by atoms with Crippen LogP contribution >= 0.6 is 0 Å². The Labute approximate surface area is 173 Å². The number of benzene rings is 1. The van der Waals surface area contributed by atoms with E-state index >= 15 is 0 Å². The number of carbonyl (C=O) groups is 2. The summed E-state index contributed by atoms with van der Waals surface area (Å²) in [6, 6.07) is 7.71. The van der Waals surface area contributed by atoms with Crippen molar-refractivity contribution in [1.82, 2.24) is 0 Å². The van der Waals surface area contributed by atoms with Gasteiger partial charge >= 0.3 is 5.97 Å². The summed E-state index contributed by atoms with van der Waals surface area (Å²) in [5.41, 5.74) is 3.06. The Morgan fingerprint density at radius 2 is 2.00 bits per heavy atom. The first kappa shape index (κ1) is 21.3. The van der Waals surface area contributed by atoms with Gasteiger partial charge in [-0.2, -0.15) is 0 Å². The lowest BCUT2D eigenvalue weighted by Crippen LogP contribution is -2.37. The van der Waals surface area contributed by atoms with Crippen LogP contribution in [0.2, 0.25) is 0 Å². The molecule has 0 amide bonds. The topological polar surface area (TPSA) is 65.0 Å². The van der Waals surface area contributed by atoms with Crippen LogP contribution in [0.3, 0.4) is 0 Å². The van der Waals surface area contributed by atoms with Crippen LogP contribution in [0.25, 0.3) is 0 Å².